The Morgan fingerprint density at radius 2 is 2.24 bits per heavy atom. The molecule has 1 aromatic rings. The minimum Gasteiger partial charge on any atom is -0.338 e. The van der Waals surface area contributed by atoms with Gasteiger partial charge in [0.15, 0.2) is 0 Å². The molecular weight excluding hydrogens is 284 g/mol. The van der Waals surface area contributed by atoms with Crippen LogP contribution in [0.5, 0.6) is 0 Å². The maximum atomic E-state index is 12.8. The molecule has 1 aliphatic carbocycles. The zero-order valence-corrected chi connectivity index (χ0v) is 13.4. The lowest BCUT2D eigenvalue weighted by Crippen LogP contribution is -2.45. The Morgan fingerprint density at radius 3 is 3.00 bits per heavy atom. The molecule has 1 saturated heterocycles. The third-order valence-corrected chi connectivity index (χ3v) is 5.51. The summed E-state index contributed by atoms with van der Waals surface area (Å²) in [5.74, 6) is 1.46. The van der Waals surface area contributed by atoms with Crippen LogP contribution < -0.4 is 5.32 Å². The van der Waals surface area contributed by atoms with Gasteiger partial charge in [-0.05, 0) is 55.8 Å². The lowest BCUT2D eigenvalue weighted by Gasteiger charge is -2.30. The highest BCUT2D eigenvalue weighted by atomic mass is 35.5. The van der Waals surface area contributed by atoms with Crippen LogP contribution >= 0.6 is 11.6 Å². The smallest absolute Gasteiger partial charge is 0.240 e. The number of fused-ring (bicyclic) bond motifs is 1. The first kappa shape index (κ1) is 14.9. The van der Waals surface area contributed by atoms with E-state index in [-0.39, 0.29) is 18.0 Å². The van der Waals surface area contributed by atoms with E-state index >= 15 is 0 Å². The molecule has 1 amide bonds. The zero-order valence-electron chi connectivity index (χ0n) is 12.7. The minimum atomic E-state index is 0.00383. The monoisotopic (exact) mass is 306 g/mol. The fourth-order valence-electron chi connectivity index (χ4n) is 3.86. The Morgan fingerprint density at radius 1 is 1.43 bits per heavy atom. The summed E-state index contributed by atoms with van der Waals surface area (Å²) in [4.78, 5) is 14.7. The van der Waals surface area contributed by atoms with Gasteiger partial charge >= 0.3 is 0 Å². The Kier molecular flexibility index (Phi) is 4.23. The molecular formula is C17H23ClN2O. The van der Waals surface area contributed by atoms with Gasteiger partial charge in [0.05, 0.1) is 12.1 Å². The van der Waals surface area contributed by atoms with Gasteiger partial charge in [0, 0.05) is 12.1 Å². The minimum absolute atomic E-state index is 0.00383. The Labute approximate surface area is 131 Å². The van der Waals surface area contributed by atoms with Crippen LogP contribution in [0.1, 0.15) is 37.8 Å². The molecule has 4 heteroatoms. The maximum absolute atomic E-state index is 12.8. The fraction of sp³-hybridized carbons (Fsp3) is 0.588. The third-order valence-electron chi connectivity index (χ3n) is 5.27. The van der Waals surface area contributed by atoms with Gasteiger partial charge in [0.25, 0.3) is 0 Å². The summed E-state index contributed by atoms with van der Waals surface area (Å²) < 4.78 is 0. The van der Waals surface area contributed by atoms with Crippen molar-refractivity contribution < 1.29 is 4.79 Å². The number of halogens is 1. The van der Waals surface area contributed by atoms with Gasteiger partial charge in [0.2, 0.25) is 5.91 Å². The number of rotatable bonds is 3. The number of likely N-dealkylation sites (N-methyl/N-ethyl adjacent to an activating group) is 1. The summed E-state index contributed by atoms with van der Waals surface area (Å²) in [6, 6.07) is 7.81. The van der Waals surface area contributed by atoms with E-state index in [2.05, 4.69) is 12.2 Å². The van der Waals surface area contributed by atoms with E-state index < -0.39 is 0 Å². The molecule has 114 valence electrons. The van der Waals surface area contributed by atoms with E-state index in [1.807, 2.05) is 36.2 Å². The van der Waals surface area contributed by atoms with Gasteiger partial charge in [-0.15, -0.1) is 0 Å². The molecule has 0 aromatic heterocycles. The molecule has 0 radical (unpaired) electrons. The SMILES string of the molecule is CC(c1cccc(Cl)c1)N(C)C(=O)C1NCC2CCCC21. The topological polar surface area (TPSA) is 32.3 Å². The van der Waals surface area contributed by atoms with Crippen LogP contribution in [0, 0.1) is 11.8 Å². The van der Waals surface area contributed by atoms with Crippen LogP contribution in [-0.2, 0) is 4.79 Å². The van der Waals surface area contributed by atoms with Crippen molar-refractivity contribution in [2.75, 3.05) is 13.6 Å². The van der Waals surface area contributed by atoms with Crippen molar-refractivity contribution in [2.45, 2.75) is 38.3 Å². The Balaban J connectivity index is 1.72. The molecule has 0 spiro atoms. The number of amides is 1. The second-order valence-corrected chi connectivity index (χ2v) is 6.86. The fourth-order valence-corrected chi connectivity index (χ4v) is 4.06. The molecule has 1 heterocycles. The van der Waals surface area contributed by atoms with Crippen molar-refractivity contribution in [3.8, 4) is 0 Å². The molecule has 0 bridgehead atoms. The molecule has 1 aliphatic heterocycles. The normalized spacial score (nSPS) is 29.2. The summed E-state index contributed by atoms with van der Waals surface area (Å²) in [7, 11) is 1.90. The van der Waals surface area contributed by atoms with Gasteiger partial charge in [0.1, 0.15) is 0 Å². The van der Waals surface area contributed by atoms with Crippen molar-refractivity contribution in [1.29, 1.82) is 0 Å². The predicted molar refractivity (Wildman–Crippen MR) is 85.3 cm³/mol. The van der Waals surface area contributed by atoms with Crippen LogP contribution in [0.15, 0.2) is 24.3 Å². The molecule has 2 aliphatic rings. The number of nitrogens with one attached hydrogen (secondary N) is 1. The van der Waals surface area contributed by atoms with Crippen molar-refractivity contribution in [3.63, 3.8) is 0 Å². The van der Waals surface area contributed by atoms with Crippen LogP contribution in [0.4, 0.5) is 0 Å². The molecule has 4 atom stereocenters. The second-order valence-electron chi connectivity index (χ2n) is 6.42. The summed E-state index contributed by atoms with van der Waals surface area (Å²) in [6.45, 7) is 3.06. The summed E-state index contributed by atoms with van der Waals surface area (Å²) in [6.07, 6.45) is 3.73. The largest absolute Gasteiger partial charge is 0.338 e. The Hall–Kier alpha value is -1.06. The van der Waals surface area contributed by atoms with E-state index in [0.29, 0.717) is 11.8 Å². The van der Waals surface area contributed by atoms with Crippen molar-refractivity contribution in [3.05, 3.63) is 34.9 Å². The highest BCUT2D eigenvalue weighted by Crippen LogP contribution is 2.38. The van der Waals surface area contributed by atoms with Crippen LogP contribution in [-0.4, -0.2) is 30.4 Å². The summed E-state index contributed by atoms with van der Waals surface area (Å²) in [5, 5.41) is 4.16. The average molecular weight is 307 g/mol. The first-order valence-corrected chi connectivity index (χ1v) is 8.21. The molecule has 2 fully saturated rings. The van der Waals surface area contributed by atoms with E-state index in [0.717, 1.165) is 17.1 Å². The van der Waals surface area contributed by atoms with Crippen molar-refractivity contribution in [2.24, 2.45) is 11.8 Å². The average Bonchev–Trinajstić information content (AvgIpc) is 3.07. The van der Waals surface area contributed by atoms with Crippen LogP contribution in [0.3, 0.4) is 0 Å². The van der Waals surface area contributed by atoms with E-state index in [9.17, 15) is 4.79 Å². The molecule has 21 heavy (non-hydrogen) atoms. The number of carbonyl (C=O) groups excluding carboxylic acids is 1. The van der Waals surface area contributed by atoms with Gasteiger partial charge in [-0.1, -0.05) is 30.2 Å². The highest BCUT2D eigenvalue weighted by molar-refractivity contribution is 6.30. The van der Waals surface area contributed by atoms with E-state index in [4.69, 9.17) is 11.6 Å². The van der Waals surface area contributed by atoms with Crippen LogP contribution in [0.2, 0.25) is 5.02 Å². The standard InChI is InChI=1S/C17H23ClN2O/c1-11(12-5-3-7-14(18)9-12)20(2)17(21)16-15-8-4-6-13(15)10-19-16/h3,5,7,9,11,13,15-16,19H,4,6,8,10H2,1-2H3. The second kappa shape index (κ2) is 5.98. The molecule has 1 N–H and O–H groups in total. The Bertz CT molecular complexity index is 533. The number of hydrogen-bond acceptors (Lipinski definition) is 2. The van der Waals surface area contributed by atoms with Crippen molar-refractivity contribution in [1.82, 2.24) is 10.2 Å². The summed E-state index contributed by atoms with van der Waals surface area (Å²) >= 11 is 6.06. The molecule has 4 unspecified atom stereocenters. The van der Waals surface area contributed by atoms with Gasteiger partial charge in [-0.25, -0.2) is 0 Å². The molecule has 3 nitrogen and oxygen atoms in total. The van der Waals surface area contributed by atoms with Gasteiger partial charge < -0.3 is 10.2 Å². The van der Waals surface area contributed by atoms with E-state index in [1.165, 1.54) is 19.3 Å². The van der Waals surface area contributed by atoms with Gasteiger partial charge in [-0.2, -0.15) is 0 Å². The first-order chi connectivity index (χ1) is 10.1. The quantitative estimate of drug-likeness (QED) is 0.930. The van der Waals surface area contributed by atoms with Gasteiger partial charge in [-0.3, -0.25) is 4.79 Å². The van der Waals surface area contributed by atoms with E-state index in [1.54, 1.807) is 0 Å². The van der Waals surface area contributed by atoms with Crippen LogP contribution in [0.25, 0.3) is 0 Å². The number of hydrogen-bond donors (Lipinski definition) is 1. The van der Waals surface area contributed by atoms with Crippen molar-refractivity contribution >= 4 is 17.5 Å². The maximum Gasteiger partial charge on any atom is 0.240 e. The zero-order chi connectivity index (χ0) is 15.0. The number of carbonyl (C=O) groups is 1. The summed E-state index contributed by atoms with van der Waals surface area (Å²) in [5.41, 5.74) is 1.08. The molecule has 3 rings (SSSR count). The highest BCUT2D eigenvalue weighted by Gasteiger charge is 2.43. The first-order valence-electron chi connectivity index (χ1n) is 7.83. The third kappa shape index (κ3) is 2.82. The number of benzene rings is 1. The lowest BCUT2D eigenvalue weighted by atomic mass is 9.93. The molecule has 1 aromatic carbocycles. The lowest BCUT2D eigenvalue weighted by molar-refractivity contribution is -0.134. The predicted octanol–water partition coefficient (Wildman–Crippen LogP) is 3.25. The number of nitrogens with zero attached hydrogens (tertiary/aromatic N) is 1. The molecule has 1 saturated carbocycles.